The van der Waals surface area contributed by atoms with Crippen LogP contribution < -0.4 is 5.43 Å². The van der Waals surface area contributed by atoms with Crippen molar-refractivity contribution in [2.24, 2.45) is 5.10 Å². The first-order chi connectivity index (χ1) is 9.18. The number of pyridine rings is 1. The highest BCUT2D eigenvalue weighted by molar-refractivity contribution is 6.02. The van der Waals surface area contributed by atoms with Gasteiger partial charge in [-0.2, -0.15) is 5.10 Å². The number of aromatic nitrogens is 1. The number of hydrogen-bond donors (Lipinski definition) is 1. The number of nitrogens with one attached hydrogen (secondary N) is 1. The second-order valence-corrected chi connectivity index (χ2v) is 3.80. The second-order valence-electron chi connectivity index (χ2n) is 3.80. The van der Waals surface area contributed by atoms with Gasteiger partial charge < -0.3 is 0 Å². The van der Waals surface area contributed by atoms with Gasteiger partial charge >= 0.3 is 0 Å². The van der Waals surface area contributed by atoms with Crippen molar-refractivity contribution in [3.05, 3.63) is 64.3 Å². The summed E-state index contributed by atoms with van der Waals surface area (Å²) >= 11 is 0. The zero-order chi connectivity index (χ0) is 13.7. The molecule has 2 rings (SSSR count). The smallest absolute Gasteiger partial charge is 0.261 e. The molecule has 0 aliphatic rings. The highest BCUT2D eigenvalue weighted by atomic mass is 16.6. The molecule has 0 unspecified atom stereocenters. The third-order valence-corrected chi connectivity index (χ3v) is 2.49. The Labute approximate surface area is 110 Å². The van der Waals surface area contributed by atoms with Crippen LogP contribution in [0.3, 0.4) is 0 Å². The van der Waals surface area contributed by atoms with Gasteiger partial charge in [-0.05, 0) is 25.1 Å². The minimum atomic E-state index is -0.422. The van der Waals surface area contributed by atoms with Gasteiger partial charge in [0, 0.05) is 12.3 Å². The number of para-hydroxylation sites is 1. The number of hydrazone groups is 1. The van der Waals surface area contributed by atoms with Crippen LogP contribution in [0.5, 0.6) is 0 Å². The van der Waals surface area contributed by atoms with Crippen molar-refractivity contribution in [1.82, 2.24) is 4.98 Å². The number of anilines is 1. The molecule has 1 N–H and O–H groups in total. The number of nitro groups is 1. The zero-order valence-corrected chi connectivity index (χ0v) is 10.3. The number of rotatable bonds is 4. The molecule has 1 aromatic heterocycles. The van der Waals surface area contributed by atoms with Gasteiger partial charge in [0.25, 0.3) is 5.69 Å². The molecule has 6 nitrogen and oxygen atoms in total. The minimum Gasteiger partial charge on any atom is -0.261 e. The van der Waals surface area contributed by atoms with Crippen molar-refractivity contribution in [3.63, 3.8) is 0 Å². The molecule has 0 radical (unpaired) electrons. The van der Waals surface area contributed by atoms with E-state index in [1.807, 2.05) is 6.07 Å². The van der Waals surface area contributed by atoms with Crippen LogP contribution in [0.4, 0.5) is 11.5 Å². The van der Waals surface area contributed by atoms with Crippen molar-refractivity contribution < 1.29 is 4.92 Å². The first-order valence-electron chi connectivity index (χ1n) is 5.63. The van der Waals surface area contributed by atoms with E-state index >= 15 is 0 Å². The van der Waals surface area contributed by atoms with Crippen LogP contribution in [0.15, 0.2) is 53.8 Å². The Kier molecular flexibility index (Phi) is 3.82. The van der Waals surface area contributed by atoms with Crippen molar-refractivity contribution >= 4 is 17.2 Å². The molecule has 1 heterocycles. The Morgan fingerprint density at radius 1 is 1.26 bits per heavy atom. The monoisotopic (exact) mass is 256 g/mol. The van der Waals surface area contributed by atoms with E-state index in [0.717, 1.165) is 0 Å². The Morgan fingerprint density at radius 2 is 2.00 bits per heavy atom. The van der Waals surface area contributed by atoms with Crippen LogP contribution in [0, 0.1) is 10.1 Å². The van der Waals surface area contributed by atoms with E-state index in [2.05, 4.69) is 15.5 Å². The minimum absolute atomic E-state index is 0.0339. The van der Waals surface area contributed by atoms with Crippen LogP contribution in [0.2, 0.25) is 0 Å². The Morgan fingerprint density at radius 3 is 2.68 bits per heavy atom. The molecule has 0 bridgehead atoms. The number of nitrogens with zero attached hydrogens (tertiary/aromatic N) is 3. The second kappa shape index (κ2) is 5.72. The van der Waals surface area contributed by atoms with Crippen LogP contribution in [0.25, 0.3) is 0 Å². The average Bonchev–Trinajstić information content (AvgIpc) is 2.46. The van der Waals surface area contributed by atoms with Crippen LogP contribution in [-0.4, -0.2) is 15.6 Å². The Hall–Kier alpha value is -2.76. The summed E-state index contributed by atoms with van der Waals surface area (Å²) in [6, 6.07) is 11.9. The fraction of sp³-hybridized carbons (Fsp3) is 0.0769. The highest BCUT2D eigenvalue weighted by Gasteiger charge is 2.14. The molecular weight excluding hydrogens is 244 g/mol. The molecule has 0 aliphatic heterocycles. The molecule has 6 heteroatoms. The SMILES string of the molecule is C/C(=N/Nc1ccccn1)c1ccccc1[N+](=O)[O-]. The summed E-state index contributed by atoms with van der Waals surface area (Å²) in [5.41, 5.74) is 3.81. The van der Waals surface area contributed by atoms with Crippen LogP contribution in [-0.2, 0) is 0 Å². The number of hydrogen-bond acceptors (Lipinski definition) is 5. The molecule has 0 saturated heterocycles. The van der Waals surface area contributed by atoms with E-state index in [-0.39, 0.29) is 5.69 Å². The quantitative estimate of drug-likeness (QED) is 0.518. The van der Waals surface area contributed by atoms with E-state index in [9.17, 15) is 10.1 Å². The van der Waals surface area contributed by atoms with Gasteiger partial charge in [-0.3, -0.25) is 15.5 Å². The lowest BCUT2D eigenvalue weighted by Crippen LogP contribution is -2.04. The summed E-state index contributed by atoms with van der Waals surface area (Å²) in [6.45, 7) is 1.71. The normalized spacial score (nSPS) is 11.1. The molecule has 1 aromatic carbocycles. The predicted octanol–water partition coefficient (Wildman–Crippen LogP) is 2.83. The molecule has 96 valence electrons. The predicted molar refractivity (Wildman–Crippen MR) is 73.2 cm³/mol. The Balaban J connectivity index is 2.24. The fourth-order valence-electron chi connectivity index (χ4n) is 1.57. The number of benzene rings is 1. The molecule has 2 aromatic rings. The molecule has 19 heavy (non-hydrogen) atoms. The maximum atomic E-state index is 10.9. The van der Waals surface area contributed by atoms with Crippen molar-refractivity contribution in [1.29, 1.82) is 0 Å². The first kappa shape index (κ1) is 12.7. The van der Waals surface area contributed by atoms with Gasteiger partial charge in [0.15, 0.2) is 0 Å². The van der Waals surface area contributed by atoms with Gasteiger partial charge in [0.1, 0.15) is 5.82 Å². The number of nitro benzene ring substituents is 1. The van der Waals surface area contributed by atoms with Crippen molar-refractivity contribution in [2.75, 3.05) is 5.43 Å². The summed E-state index contributed by atoms with van der Waals surface area (Å²) in [6.07, 6.45) is 1.64. The lowest BCUT2D eigenvalue weighted by atomic mass is 10.1. The van der Waals surface area contributed by atoms with E-state index in [4.69, 9.17) is 0 Å². The van der Waals surface area contributed by atoms with Crippen LogP contribution in [0.1, 0.15) is 12.5 Å². The highest BCUT2D eigenvalue weighted by Crippen LogP contribution is 2.18. The largest absolute Gasteiger partial charge is 0.278 e. The van der Waals surface area contributed by atoms with Gasteiger partial charge in [-0.25, -0.2) is 4.98 Å². The van der Waals surface area contributed by atoms with E-state index in [0.29, 0.717) is 17.1 Å². The molecule has 0 amide bonds. The molecule has 0 saturated carbocycles. The van der Waals surface area contributed by atoms with Crippen LogP contribution >= 0.6 is 0 Å². The third-order valence-electron chi connectivity index (χ3n) is 2.49. The Bertz CT molecular complexity index is 611. The van der Waals surface area contributed by atoms with E-state index in [1.165, 1.54) is 6.07 Å². The molecule has 0 fully saturated rings. The van der Waals surface area contributed by atoms with Gasteiger partial charge in [0.2, 0.25) is 0 Å². The fourth-order valence-corrected chi connectivity index (χ4v) is 1.57. The first-order valence-corrected chi connectivity index (χ1v) is 5.63. The summed E-state index contributed by atoms with van der Waals surface area (Å²) < 4.78 is 0. The standard InChI is InChI=1S/C13H12N4O2/c1-10(15-16-13-8-4-5-9-14-13)11-6-2-3-7-12(11)17(18)19/h2-9H,1H3,(H,14,16)/b15-10-. The molecule has 0 aliphatic carbocycles. The molecule has 0 spiro atoms. The zero-order valence-electron chi connectivity index (χ0n) is 10.3. The lowest BCUT2D eigenvalue weighted by Gasteiger charge is -2.03. The lowest BCUT2D eigenvalue weighted by molar-refractivity contribution is -0.385. The summed E-state index contributed by atoms with van der Waals surface area (Å²) in [7, 11) is 0. The van der Waals surface area contributed by atoms with Crippen molar-refractivity contribution in [2.45, 2.75) is 6.92 Å². The van der Waals surface area contributed by atoms with Gasteiger partial charge in [0.05, 0.1) is 16.2 Å². The third kappa shape index (κ3) is 3.12. The van der Waals surface area contributed by atoms with Gasteiger partial charge in [-0.15, -0.1) is 0 Å². The van der Waals surface area contributed by atoms with E-state index < -0.39 is 4.92 Å². The van der Waals surface area contributed by atoms with Crippen molar-refractivity contribution in [3.8, 4) is 0 Å². The van der Waals surface area contributed by atoms with E-state index in [1.54, 1.807) is 43.5 Å². The average molecular weight is 256 g/mol. The molecular formula is C13H12N4O2. The maximum absolute atomic E-state index is 10.9. The summed E-state index contributed by atoms with van der Waals surface area (Å²) in [5.74, 6) is 0.584. The topological polar surface area (TPSA) is 80.4 Å². The van der Waals surface area contributed by atoms with Gasteiger partial charge in [-0.1, -0.05) is 18.2 Å². The molecule has 0 atom stereocenters. The maximum Gasteiger partial charge on any atom is 0.278 e. The summed E-state index contributed by atoms with van der Waals surface area (Å²) in [4.78, 5) is 14.5. The summed E-state index contributed by atoms with van der Waals surface area (Å²) in [5, 5.41) is 15.0.